The lowest BCUT2D eigenvalue weighted by atomic mass is 10.0. The van der Waals surface area contributed by atoms with Crippen molar-refractivity contribution in [1.82, 2.24) is 10.2 Å². The van der Waals surface area contributed by atoms with Crippen LogP contribution >= 0.6 is 0 Å². The normalized spacial score (nSPS) is 16.1. The second-order valence-electron chi connectivity index (χ2n) is 11.9. The lowest BCUT2D eigenvalue weighted by Gasteiger charge is -2.32. The summed E-state index contributed by atoms with van der Waals surface area (Å²) in [6.45, 7) is 0.380. The van der Waals surface area contributed by atoms with Crippen LogP contribution in [0.5, 0.6) is 5.75 Å². The van der Waals surface area contributed by atoms with Crippen molar-refractivity contribution in [2.75, 3.05) is 18.0 Å². The summed E-state index contributed by atoms with van der Waals surface area (Å²) in [6.07, 6.45) is 4.80. The Morgan fingerprint density at radius 3 is 2.40 bits per heavy atom. The molecule has 234 valence electrons. The van der Waals surface area contributed by atoms with Gasteiger partial charge in [0.15, 0.2) is 0 Å². The molecule has 8 nitrogen and oxygen atoms in total. The van der Waals surface area contributed by atoms with E-state index in [-0.39, 0.29) is 37.4 Å². The summed E-state index contributed by atoms with van der Waals surface area (Å²) < 4.78 is 33.9. The maximum atomic E-state index is 14.2. The highest BCUT2D eigenvalue weighted by atomic mass is 32.2. The number of nitrogens with zero attached hydrogens (tertiary/aromatic N) is 2. The fraction of sp³-hybridized carbons (Fsp3) is 0.333. The van der Waals surface area contributed by atoms with Crippen LogP contribution in [0.2, 0.25) is 0 Å². The van der Waals surface area contributed by atoms with Gasteiger partial charge in [0.25, 0.3) is 10.0 Å². The molecule has 4 aromatic carbocycles. The van der Waals surface area contributed by atoms with E-state index >= 15 is 0 Å². The van der Waals surface area contributed by atoms with E-state index in [1.807, 2.05) is 78.9 Å². The Morgan fingerprint density at radius 1 is 0.933 bits per heavy atom. The van der Waals surface area contributed by atoms with Crippen molar-refractivity contribution < 1.29 is 22.7 Å². The molecule has 6 rings (SSSR count). The molecule has 1 aliphatic carbocycles. The average molecular weight is 626 g/mol. The third-order valence-electron chi connectivity index (χ3n) is 8.89. The number of rotatable bonds is 12. The first-order valence-electron chi connectivity index (χ1n) is 15.7. The summed E-state index contributed by atoms with van der Waals surface area (Å²) in [6, 6.07) is 27.5. The minimum Gasteiger partial charge on any atom is -0.497 e. The van der Waals surface area contributed by atoms with Crippen LogP contribution in [0, 0.1) is 0 Å². The SMILES string of the molecule is COc1cccc(CN(C(=O)CCCN2c3cccc4cccc(c34)S2(=O)=O)C(Cc2ccccc2)C(=O)NC2CCCC2)c1. The Balaban J connectivity index is 1.26. The number of methoxy groups -OCH3 is 1. The monoisotopic (exact) mass is 625 g/mol. The summed E-state index contributed by atoms with van der Waals surface area (Å²) in [5, 5.41) is 4.82. The highest BCUT2D eigenvalue weighted by Gasteiger charge is 2.36. The first kappa shape index (κ1) is 30.6. The van der Waals surface area contributed by atoms with Gasteiger partial charge in [-0.3, -0.25) is 13.9 Å². The minimum atomic E-state index is -3.73. The number of carbonyl (C=O) groups is 2. The second-order valence-corrected chi connectivity index (χ2v) is 13.7. The van der Waals surface area contributed by atoms with Gasteiger partial charge < -0.3 is 15.0 Å². The molecule has 2 amide bonds. The molecule has 1 aliphatic heterocycles. The molecule has 2 aliphatic rings. The molecular formula is C36H39N3O5S. The maximum absolute atomic E-state index is 14.2. The summed E-state index contributed by atoms with van der Waals surface area (Å²) >= 11 is 0. The minimum absolute atomic E-state index is 0.0876. The highest BCUT2D eigenvalue weighted by molar-refractivity contribution is 7.93. The predicted octanol–water partition coefficient (Wildman–Crippen LogP) is 5.84. The number of sulfonamides is 1. The van der Waals surface area contributed by atoms with E-state index < -0.39 is 16.1 Å². The predicted molar refractivity (Wildman–Crippen MR) is 176 cm³/mol. The molecule has 0 spiro atoms. The fourth-order valence-corrected chi connectivity index (χ4v) is 8.35. The largest absolute Gasteiger partial charge is 0.497 e. The zero-order valence-electron chi connectivity index (χ0n) is 25.5. The van der Waals surface area contributed by atoms with Crippen molar-refractivity contribution in [2.24, 2.45) is 0 Å². The molecule has 1 N–H and O–H groups in total. The van der Waals surface area contributed by atoms with E-state index in [9.17, 15) is 18.0 Å². The van der Waals surface area contributed by atoms with E-state index in [0.717, 1.165) is 47.6 Å². The van der Waals surface area contributed by atoms with Crippen molar-refractivity contribution >= 4 is 38.3 Å². The lowest BCUT2D eigenvalue weighted by molar-refractivity contribution is -0.141. The smallest absolute Gasteiger partial charge is 0.265 e. The van der Waals surface area contributed by atoms with Crippen LogP contribution in [0.4, 0.5) is 5.69 Å². The molecule has 0 aromatic heterocycles. The van der Waals surface area contributed by atoms with Gasteiger partial charge in [-0.15, -0.1) is 0 Å². The quantitative estimate of drug-likeness (QED) is 0.214. The zero-order valence-corrected chi connectivity index (χ0v) is 26.3. The number of amides is 2. The Labute approximate surface area is 265 Å². The van der Waals surface area contributed by atoms with Gasteiger partial charge in [0.1, 0.15) is 11.8 Å². The van der Waals surface area contributed by atoms with Gasteiger partial charge in [-0.2, -0.15) is 0 Å². The Morgan fingerprint density at radius 2 is 1.64 bits per heavy atom. The second kappa shape index (κ2) is 13.3. The molecule has 0 bridgehead atoms. The summed E-state index contributed by atoms with van der Waals surface area (Å²) in [5.74, 6) is 0.307. The van der Waals surface area contributed by atoms with Gasteiger partial charge in [0.05, 0.1) is 17.7 Å². The first-order chi connectivity index (χ1) is 21.8. The van der Waals surface area contributed by atoms with E-state index in [2.05, 4.69) is 5.32 Å². The van der Waals surface area contributed by atoms with Crippen LogP contribution in [0.3, 0.4) is 0 Å². The third kappa shape index (κ3) is 6.54. The van der Waals surface area contributed by atoms with Crippen LogP contribution in [-0.2, 0) is 32.6 Å². The van der Waals surface area contributed by atoms with Crippen LogP contribution in [0.1, 0.15) is 49.7 Å². The average Bonchev–Trinajstić information content (AvgIpc) is 3.64. The standard InChI is InChI=1S/C36H39N3O5S/c1-44-30-18-7-13-27(23-30)25-38(32(24-26-11-3-2-4-12-26)36(41)37-29-16-5-6-17-29)34(40)21-10-22-39-31-19-8-14-28-15-9-20-33(35(28)31)45(39,42)43/h2-4,7-9,11-15,18-20,23,29,32H,5-6,10,16-17,21-22,24-25H2,1H3,(H,37,41). The van der Waals surface area contributed by atoms with E-state index in [1.54, 1.807) is 24.1 Å². The zero-order chi connectivity index (χ0) is 31.4. The Hall–Kier alpha value is -4.37. The van der Waals surface area contributed by atoms with Crippen molar-refractivity contribution in [3.05, 3.63) is 102 Å². The molecule has 0 saturated heterocycles. The molecule has 45 heavy (non-hydrogen) atoms. The van der Waals surface area contributed by atoms with Gasteiger partial charge in [0, 0.05) is 37.4 Å². The number of carbonyl (C=O) groups excluding carboxylic acids is 2. The van der Waals surface area contributed by atoms with E-state index in [0.29, 0.717) is 29.2 Å². The third-order valence-corrected chi connectivity index (χ3v) is 10.7. The molecule has 1 fully saturated rings. The van der Waals surface area contributed by atoms with Crippen LogP contribution < -0.4 is 14.4 Å². The highest BCUT2D eigenvalue weighted by Crippen LogP contribution is 2.42. The van der Waals surface area contributed by atoms with Crippen LogP contribution in [0.15, 0.2) is 95.9 Å². The first-order valence-corrected chi connectivity index (χ1v) is 17.1. The summed E-state index contributed by atoms with van der Waals surface area (Å²) in [4.78, 5) is 30.1. The van der Waals surface area contributed by atoms with Crippen molar-refractivity contribution in [2.45, 2.75) is 68.5 Å². The fourth-order valence-electron chi connectivity index (χ4n) is 6.61. The van der Waals surface area contributed by atoms with Gasteiger partial charge in [-0.05, 0) is 60.0 Å². The molecule has 1 atom stereocenters. The Kier molecular flexibility index (Phi) is 9.07. The number of ether oxygens (including phenoxy) is 1. The number of hydrogen-bond donors (Lipinski definition) is 1. The number of nitrogens with one attached hydrogen (secondary N) is 1. The van der Waals surface area contributed by atoms with Crippen LogP contribution in [0.25, 0.3) is 10.8 Å². The number of hydrogen-bond acceptors (Lipinski definition) is 5. The van der Waals surface area contributed by atoms with Crippen molar-refractivity contribution in [3.63, 3.8) is 0 Å². The number of benzene rings is 4. The van der Waals surface area contributed by atoms with Gasteiger partial charge in [-0.1, -0.05) is 79.6 Å². The van der Waals surface area contributed by atoms with Crippen LogP contribution in [-0.4, -0.2) is 50.9 Å². The Bertz CT molecular complexity index is 1780. The molecule has 9 heteroatoms. The lowest BCUT2D eigenvalue weighted by Crippen LogP contribution is -2.52. The molecule has 1 unspecified atom stereocenters. The van der Waals surface area contributed by atoms with Gasteiger partial charge in [-0.25, -0.2) is 8.42 Å². The molecule has 1 saturated carbocycles. The molecule has 4 aromatic rings. The molecule has 1 heterocycles. The van der Waals surface area contributed by atoms with Gasteiger partial charge in [0.2, 0.25) is 11.8 Å². The number of anilines is 1. The molecular weight excluding hydrogens is 586 g/mol. The van der Waals surface area contributed by atoms with Crippen molar-refractivity contribution in [3.8, 4) is 5.75 Å². The summed E-state index contributed by atoms with van der Waals surface area (Å²) in [7, 11) is -2.13. The topological polar surface area (TPSA) is 96.0 Å². The van der Waals surface area contributed by atoms with Crippen molar-refractivity contribution in [1.29, 1.82) is 0 Å². The summed E-state index contributed by atoms with van der Waals surface area (Å²) in [5.41, 5.74) is 2.45. The van der Waals surface area contributed by atoms with E-state index in [1.165, 1.54) is 4.31 Å². The molecule has 0 radical (unpaired) electrons. The van der Waals surface area contributed by atoms with E-state index in [4.69, 9.17) is 4.74 Å². The van der Waals surface area contributed by atoms with Gasteiger partial charge >= 0.3 is 0 Å². The maximum Gasteiger partial charge on any atom is 0.265 e.